The van der Waals surface area contributed by atoms with Gasteiger partial charge in [0.2, 0.25) is 0 Å². The Hall–Kier alpha value is -2.34. The summed E-state index contributed by atoms with van der Waals surface area (Å²) in [6.45, 7) is 0.409. The molecule has 6 heteroatoms. The van der Waals surface area contributed by atoms with E-state index < -0.39 is 5.76 Å². The average molecular weight is 244 g/mol. The van der Waals surface area contributed by atoms with Crippen LogP contribution in [0.4, 0.5) is 0 Å². The van der Waals surface area contributed by atoms with Gasteiger partial charge < -0.3 is 10.2 Å². The molecular weight excluding hydrogens is 232 g/mol. The molecule has 0 fully saturated rings. The van der Waals surface area contributed by atoms with Crippen LogP contribution in [0.3, 0.4) is 0 Å². The Bertz CT molecular complexity index is 766. The second kappa shape index (κ2) is 3.85. The molecule has 3 rings (SSSR count). The van der Waals surface area contributed by atoms with E-state index >= 15 is 0 Å². The predicted molar refractivity (Wildman–Crippen MR) is 66.9 cm³/mol. The number of nitrogens with one attached hydrogen (secondary N) is 1. The third-order valence-electron chi connectivity index (χ3n) is 2.98. The topological polar surface area (TPSA) is 89.8 Å². The summed E-state index contributed by atoms with van der Waals surface area (Å²) in [5, 5.41) is 4.19. The number of rotatable bonds is 2. The first kappa shape index (κ1) is 10.8. The molecule has 3 aromatic rings. The van der Waals surface area contributed by atoms with Gasteiger partial charge in [-0.25, -0.2) is 4.79 Å². The van der Waals surface area contributed by atoms with Crippen molar-refractivity contribution in [3.8, 4) is 11.1 Å². The maximum Gasteiger partial charge on any atom is 0.417 e. The van der Waals surface area contributed by atoms with Gasteiger partial charge in [0.25, 0.3) is 0 Å². The molecule has 0 bridgehead atoms. The van der Waals surface area contributed by atoms with Crippen LogP contribution in [0.2, 0.25) is 0 Å². The standard InChI is InChI=1S/C12H12N4O2/c1-16-10(5-13)8(6-14-16)7-2-3-11-9(4-7)15-12(17)18-11/h2-4,6H,5,13H2,1H3,(H,15,17). The third kappa shape index (κ3) is 1.54. The lowest BCUT2D eigenvalue weighted by Gasteiger charge is -2.03. The first-order chi connectivity index (χ1) is 8.69. The molecule has 0 spiro atoms. The zero-order valence-electron chi connectivity index (χ0n) is 9.80. The van der Waals surface area contributed by atoms with E-state index in [1.807, 2.05) is 19.2 Å². The summed E-state index contributed by atoms with van der Waals surface area (Å²) in [5.74, 6) is -0.451. The minimum absolute atomic E-state index is 0.409. The van der Waals surface area contributed by atoms with Crippen LogP contribution in [0.25, 0.3) is 22.2 Å². The molecule has 3 N–H and O–H groups in total. The maximum atomic E-state index is 11.1. The number of benzene rings is 1. The Balaban J connectivity index is 2.21. The van der Waals surface area contributed by atoms with E-state index in [9.17, 15) is 4.79 Å². The Morgan fingerprint density at radius 3 is 3.11 bits per heavy atom. The van der Waals surface area contributed by atoms with E-state index in [4.69, 9.17) is 10.2 Å². The van der Waals surface area contributed by atoms with Crippen LogP contribution in [-0.4, -0.2) is 14.8 Å². The van der Waals surface area contributed by atoms with Crippen LogP contribution < -0.4 is 11.5 Å². The number of H-pyrrole nitrogens is 1. The van der Waals surface area contributed by atoms with Crippen molar-refractivity contribution in [3.05, 3.63) is 40.6 Å². The summed E-state index contributed by atoms with van der Waals surface area (Å²) in [6, 6.07) is 5.50. The minimum Gasteiger partial charge on any atom is -0.408 e. The number of aromatic amines is 1. The van der Waals surface area contributed by atoms with E-state index in [0.717, 1.165) is 16.8 Å². The van der Waals surface area contributed by atoms with Gasteiger partial charge in [0.15, 0.2) is 5.58 Å². The molecule has 0 aliphatic carbocycles. The number of fused-ring (bicyclic) bond motifs is 1. The fourth-order valence-electron chi connectivity index (χ4n) is 2.07. The van der Waals surface area contributed by atoms with Crippen LogP contribution in [0.5, 0.6) is 0 Å². The summed E-state index contributed by atoms with van der Waals surface area (Å²) < 4.78 is 6.71. The highest BCUT2D eigenvalue weighted by atomic mass is 16.4. The van der Waals surface area contributed by atoms with Crippen LogP contribution in [0, 0.1) is 0 Å². The molecule has 0 radical (unpaired) electrons. The number of nitrogens with zero attached hydrogens (tertiary/aromatic N) is 2. The van der Waals surface area contributed by atoms with Crippen LogP contribution in [0.15, 0.2) is 33.6 Å². The van der Waals surface area contributed by atoms with Gasteiger partial charge in [-0.1, -0.05) is 6.07 Å². The van der Waals surface area contributed by atoms with E-state index in [1.54, 1.807) is 16.9 Å². The van der Waals surface area contributed by atoms with Crippen LogP contribution >= 0.6 is 0 Å². The zero-order valence-corrected chi connectivity index (χ0v) is 9.80. The molecule has 2 aromatic heterocycles. The molecule has 0 saturated heterocycles. The number of nitrogens with two attached hydrogens (primary N) is 1. The number of aryl methyl sites for hydroxylation is 1. The van der Waals surface area contributed by atoms with Gasteiger partial charge in [0, 0.05) is 19.2 Å². The molecule has 0 aliphatic heterocycles. The van der Waals surface area contributed by atoms with Gasteiger partial charge in [-0.2, -0.15) is 5.10 Å². The molecular formula is C12H12N4O2. The van der Waals surface area contributed by atoms with E-state index in [0.29, 0.717) is 17.6 Å². The highest BCUT2D eigenvalue weighted by Crippen LogP contribution is 2.25. The maximum absolute atomic E-state index is 11.1. The van der Waals surface area contributed by atoms with Crippen molar-refractivity contribution in [1.82, 2.24) is 14.8 Å². The lowest BCUT2D eigenvalue weighted by Crippen LogP contribution is -2.05. The number of aromatic nitrogens is 3. The van der Waals surface area contributed by atoms with Crippen molar-refractivity contribution < 1.29 is 4.42 Å². The molecule has 0 aliphatic rings. The monoisotopic (exact) mass is 244 g/mol. The minimum atomic E-state index is -0.451. The van der Waals surface area contributed by atoms with Crippen molar-refractivity contribution in [2.45, 2.75) is 6.54 Å². The van der Waals surface area contributed by atoms with Gasteiger partial charge in [-0.3, -0.25) is 9.67 Å². The van der Waals surface area contributed by atoms with Crippen molar-refractivity contribution >= 4 is 11.1 Å². The predicted octanol–water partition coefficient (Wildman–Crippen LogP) is 0.980. The van der Waals surface area contributed by atoms with Gasteiger partial charge >= 0.3 is 5.76 Å². The van der Waals surface area contributed by atoms with Gasteiger partial charge in [0.05, 0.1) is 17.4 Å². The molecule has 92 valence electrons. The zero-order chi connectivity index (χ0) is 12.7. The molecule has 0 amide bonds. The largest absolute Gasteiger partial charge is 0.417 e. The Labute approximate surface area is 102 Å². The Kier molecular flexibility index (Phi) is 2.31. The average Bonchev–Trinajstić information content (AvgIpc) is 2.89. The highest BCUT2D eigenvalue weighted by molar-refractivity contribution is 5.80. The molecule has 2 heterocycles. The lowest BCUT2D eigenvalue weighted by molar-refractivity contribution is 0.555. The number of hydrogen-bond donors (Lipinski definition) is 2. The smallest absolute Gasteiger partial charge is 0.408 e. The summed E-state index contributed by atoms with van der Waals surface area (Å²) in [5.41, 5.74) is 9.79. The fourth-order valence-corrected chi connectivity index (χ4v) is 2.07. The van der Waals surface area contributed by atoms with Crippen molar-refractivity contribution in [2.24, 2.45) is 12.8 Å². The van der Waals surface area contributed by atoms with Gasteiger partial charge in [-0.05, 0) is 17.7 Å². The highest BCUT2D eigenvalue weighted by Gasteiger charge is 2.10. The summed E-state index contributed by atoms with van der Waals surface area (Å²) in [6.07, 6.45) is 1.77. The van der Waals surface area contributed by atoms with E-state index in [1.165, 1.54) is 0 Å². The Morgan fingerprint density at radius 1 is 1.50 bits per heavy atom. The molecule has 18 heavy (non-hydrogen) atoms. The van der Waals surface area contributed by atoms with Crippen molar-refractivity contribution in [3.63, 3.8) is 0 Å². The first-order valence-corrected chi connectivity index (χ1v) is 5.53. The Morgan fingerprint density at radius 2 is 2.33 bits per heavy atom. The molecule has 6 nitrogen and oxygen atoms in total. The van der Waals surface area contributed by atoms with E-state index in [-0.39, 0.29) is 0 Å². The van der Waals surface area contributed by atoms with Gasteiger partial charge in [-0.15, -0.1) is 0 Å². The van der Waals surface area contributed by atoms with Gasteiger partial charge in [0.1, 0.15) is 0 Å². The second-order valence-electron chi connectivity index (χ2n) is 4.06. The van der Waals surface area contributed by atoms with Crippen molar-refractivity contribution in [2.75, 3.05) is 0 Å². The normalized spacial score (nSPS) is 11.2. The number of oxazole rings is 1. The second-order valence-corrected chi connectivity index (χ2v) is 4.06. The molecule has 0 unspecified atom stereocenters. The fraction of sp³-hybridized carbons (Fsp3) is 0.167. The first-order valence-electron chi connectivity index (χ1n) is 5.53. The third-order valence-corrected chi connectivity index (χ3v) is 2.98. The quantitative estimate of drug-likeness (QED) is 0.703. The van der Waals surface area contributed by atoms with Crippen molar-refractivity contribution in [1.29, 1.82) is 0 Å². The summed E-state index contributed by atoms with van der Waals surface area (Å²) in [4.78, 5) is 13.7. The van der Waals surface area contributed by atoms with E-state index in [2.05, 4.69) is 10.1 Å². The van der Waals surface area contributed by atoms with Crippen LogP contribution in [0.1, 0.15) is 5.69 Å². The molecule has 0 saturated carbocycles. The lowest BCUT2D eigenvalue weighted by atomic mass is 10.1. The molecule has 0 atom stereocenters. The SMILES string of the molecule is Cn1ncc(-c2ccc3oc(=O)[nH]c3c2)c1CN. The number of hydrogen-bond acceptors (Lipinski definition) is 4. The summed E-state index contributed by atoms with van der Waals surface area (Å²) in [7, 11) is 1.85. The summed E-state index contributed by atoms with van der Waals surface area (Å²) >= 11 is 0. The van der Waals surface area contributed by atoms with Crippen LogP contribution in [-0.2, 0) is 13.6 Å². The molecule has 1 aromatic carbocycles.